The van der Waals surface area contributed by atoms with E-state index >= 15 is 0 Å². The van der Waals surface area contributed by atoms with Gasteiger partial charge in [-0.05, 0) is 60.4 Å². The van der Waals surface area contributed by atoms with Gasteiger partial charge in [0.2, 0.25) is 0 Å². The topological polar surface area (TPSA) is 38.0 Å². The van der Waals surface area contributed by atoms with Crippen molar-refractivity contribution in [2.45, 2.75) is 19.4 Å². The van der Waals surface area contributed by atoms with Crippen molar-refractivity contribution in [3.8, 4) is 0 Å². The number of hydrogen-bond donors (Lipinski definition) is 2. The van der Waals surface area contributed by atoms with Crippen LogP contribution in [-0.4, -0.2) is 0 Å². The van der Waals surface area contributed by atoms with Gasteiger partial charge in [-0.3, -0.25) is 11.3 Å². The lowest BCUT2D eigenvalue weighted by atomic mass is 9.97. The van der Waals surface area contributed by atoms with Crippen LogP contribution in [0, 0.1) is 18.6 Å². The summed E-state index contributed by atoms with van der Waals surface area (Å²) in [5.41, 5.74) is 4.70. The number of hydrogen-bond acceptors (Lipinski definition) is 2. The lowest BCUT2D eigenvalue weighted by molar-refractivity contribution is 0.522. The molecule has 0 aliphatic carbocycles. The van der Waals surface area contributed by atoms with E-state index in [0.29, 0.717) is 5.02 Å². The first-order chi connectivity index (χ1) is 9.49. The lowest BCUT2D eigenvalue weighted by Crippen LogP contribution is -2.30. The minimum Gasteiger partial charge on any atom is -0.271 e. The molecule has 1 unspecified atom stereocenters. The molecular weight excluding hydrogens is 282 g/mol. The minimum absolute atomic E-state index is 0.236. The number of halogens is 3. The second-order valence-corrected chi connectivity index (χ2v) is 5.16. The summed E-state index contributed by atoms with van der Waals surface area (Å²) in [5, 5.41) is 0.583. The zero-order valence-electron chi connectivity index (χ0n) is 11.0. The van der Waals surface area contributed by atoms with Gasteiger partial charge in [0.05, 0.1) is 6.04 Å². The van der Waals surface area contributed by atoms with Crippen LogP contribution in [0.2, 0.25) is 5.02 Å². The average molecular weight is 297 g/mol. The fraction of sp³-hybridized carbons (Fsp3) is 0.200. The van der Waals surface area contributed by atoms with Crippen molar-refractivity contribution >= 4 is 11.6 Å². The molecule has 5 heteroatoms. The van der Waals surface area contributed by atoms with Crippen LogP contribution in [0.1, 0.15) is 22.7 Å². The summed E-state index contributed by atoms with van der Waals surface area (Å²) in [4.78, 5) is 0. The minimum atomic E-state index is -0.473. The number of hydrazine groups is 1. The molecule has 0 spiro atoms. The van der Waals surface area contributed by atoms with E-state index in [2.05, 4.69) is 5.43 Å². The molecule has 2 aromatic carbocycles. The first-order valence-electron chi connectivity index (χ1n) is 6.16. The number of rotatable bonds is 4. The van der Waals surface area contributed by atoms with E-state index in [1.807, 2.05) is 19.1 Å². The molecule has 0 bridgehead atoms. The van der Waals surface area contributed by atoms with Gasteiger partial charge >= 0.3 is 0 Å². The Bertz CT molecular complexity index is 597. The molecule has 0 aliphatic heterocycles. The quantitative estimate of drug-likeness (QED) is 0.667. The van der Waals surface area contributed by atoms with Gasteiger partial charge in [-0.15, -0.1) is 0 Å². The Labute approximate surface area is 121 Å². The molecule has 0 aliphatic rings. The second-order valence-electron chi connectivity index (χ2n) is 4.72. The highest BCUT2D eigenvalue weighted by atomic mass is 35.5. The van der Waals surface area contributed by atoms with Crippen molar-refractivity contribution < 1.29 is 8.78 Å². The van der Waals surface area contributed by atoms with Crippen molar-refractivity contribution in [2.24, 2.45) is 5.84 Å². The van der Waals surface area contributed by atoms with Crippen LogP contribution >= 0.6 is 11.6 Å². The molecule has 3 N–H and O–H groups in total. The van der Waals surface area contributed by atoms with Crippen LogP contribution in [-0.2, 0) is 6.42 Å². The molecule has 0 amide bonds. The van der Waals surface area contributed by atoms with Crippen LogP contribution in [0.15, 0.2) is 36.4 Å². The van der Waals surface area contributed by atoms with Gasteiger partial charge < -0.3 is 0 Å². The Morgan fingerprint density at radius 1 is 1.20 bits per heavy atom. The van der Waals surface area contributed by atoms with Crippen LogP contribution < -0.4 is 11.3 Å². The number of aryl methyl sites for hydroxylation is 1. The van der Waals surface area contributed by atoms with Gasteiger partial charge in [-0.1, -0.05) is 17.7 Å². The SMILES string of the molecule is Cc1cc(Cl)cc(C(Cc2cc(F)ccc2F)NN)c1. The molecule has 20 heavy (non-hydrogen) atoms. The predicted molar refractivity (Wildman–Crippen MR) is 76.3 cm³/mol. The molecule has 0 saturated carbocycles. The smallest absolute Gasteiger partial charge is 0.126 e. The van der Waals surface area contributed by atoms with Gasteiger partial charge in [0.1, 0.15) is 11.6 Å². The molecule has 0 heterocycles. The maximum Gasteiger partial charge on any atom is 0.126 e. The summed E-state index contributed by atoms with van der Waals surface area (Å²) in [6.07, 6.45) is 0.236. The van der Waals surface area contributed by atoms with Crippen LogP contribution in [0.25, 0.3) is 0 Å². The van der Waals surface area contributed by atoms with E-state index in [0.717, 1.165) is 23.3 Å². The van der Waals surface area contributed by atoms with E-state index in [4.69, 9.17) is 17.4 Å². The predicted octanol–water partition coefficient (Wildman–Crippen LogP) is 3.67. The fourth-order valence-electron chi connectivity index (χ4n) is 2.16. The zero-order valence-corrected chi connectivity index (χ0v) is 11.7. The number of nitrogens with two attached hydrogens (primary N) is 1. The summed E-state index contributed by atoms with van der Waals surface area (Å²) < 4.78 is 26.9. The highest BCUT2D eigenvalue weighted by molar-refractivity contribution is 6.30. The Hall–Kier alpha value is -1.49. The Morgan fingerprint density at radius 3 is 2.60 bits per heavy atom. The largest absolute Gasteiger partial charge is 0.271 e. The lowest BCUT2D eigenvalue weighted by Gasteiger charge is -2.18. The summed E-state index contributed by atoms with van der Waals surface area (Å²) in [5.74, 6) is 4.61. The summed E-state index contributed by atoms with van der Waals surface area (Å²) in [6, 6.07) is 8.53. The fourth-order valence-corrected chi connectivity index (χ4v) is 2.46. The third-order valence-electron chi connectivity index (χ3n) is 3.10. The first kappa shape index (κ1) is 14.9. The molecule has 1 atom stereocenters. The average Bonchev–Trinajstić information content (AvgIpc) is 2.38. The Morgan fingerprint density at radius 2 is 1.95 bits per heavy atom. The van der Waals surface area contributed by atoms with Gasteiger partial charge in [-0.2, -0.15) is 0 Å². The van der Waals surface area contributed by atoms with Crippen molar-refractivity contribution in [3.63, 3.8) is 0 Å². The molecule has 2 nitrogen and oxygen atoms in total. The van der Waals surface area contributed by atoms with E-state index < -0.39 is 11.6 Å². The first-order valence-corrected chi connectivity index (χ1v) is 6.54. The molecular formula is C15H15ClF2N2. The van der Waals surface area contributed by atoms with E-state index in [1.165, 1.54) is 6.07 Å². The maximum absolute atomic E-state index is 13.7. The third-order valence-corrected chi connectivity index (χ3v) is 3.32. The number of benzene rings is 2. The monoisotopic (exact) mass is 296 g/mol. The van der Waals surface area contributed by atoms with Crippen molar-refractivity contribution in [1.82, 2.24) is 5.43 Å². The van der Waals surface area contributed by atoms with E-state index in [9.17, 15) is 8.78 Å². The van der Waals surface area contributed by atoms with Gasteiger partial charge in [0, 0.05) is 5.02 Å². The molecule has 0 aromatic heterocycles. The molecule has 106 valence electrons. The molecule has 2 aromatic rings. The number of nitrogens with one attached hydrogen (secondary N) is 1. The highest BCUT2D eigenvalue weighted by Gasteiger charge is 2.15. The molecule has 0 saturated heterocycles. The van der Waals surface area contributed by atoms with Crippen LogP contribution in [0.5, 0.6) is 0 Å². The molecule has 0 fully saturated rings. The van der Waals surface area contributed by atoms with Crippen molar-refractivity contribution in [3.05, 3.63) is 69.7 Å². The van der Waals surface area contributed by atoms with E-state index in [1.54, 1.807) is 6.07 Å². The summed E-state index contributed by atoms with van der Waals surface area (Å²) >= 11 is 6.01. The van der Waals surface area contributed by atoms with Crippen LogP contribution in [0.3, 0.4) is 0 Å². The highest BCUT2D eigenvalue weighted by Crippen LogP contribution is 2.24. The van der Waals surface area contributed by atoms with Crippen molar-refractivity contribution in [2.75, 3.05) is 0 Å². The Kier molecular flexibility index (Phi) is 4.70. The summed E-state index contributed by atoms with van der Waals surface area (Å²) in [7, 11) is 0. The molecule has 0 radical (unpaired) electrons. The standard InChI is InChI=1S/C15H15ClF2N2/c1-9-4-11(6-12(16)5-9)15(20-19)8-10-7-13(17)2-3-14(10)18/h2-7,15,20H,8,19H2,1H3. The van der Waals surface area contributed by atoms with Crippen LogP contribution in [0.4, 0.5) is 8.78 Å². The summed E-state index contributed by atoms with van der Waals surface area (Å²) in [6.45, 7) is 1.91. The van der Waals surface area contributed by atoms with E-state index in [-0.39, 0.29) is 18.0 Å². The van der Waals surface area contributed by atoms with Gasteiger partial charge in [0.25, 0.3) is 0 Å². The van der Waals surface area contributed by atoms with Gasteiger partial charge in [-0.25, -0.2) is 8.78 Å². The zero-order chi connectivity index (χ0) is 14.7. The second kappa shape index (κ2) is 6.31. The van der Waals surface area contributed by atoms with Crippen molar-refractivity contribution in [1.29, 1.82) is 0 Å². The Balaban J connectivity index is 2.30. The normalized spacial score (nSPS) is 12.4. The third kappa shape index (κ3) is 3.54. The maximum atomic E-state index is 13.7. The molecule has 2 rings (SSSR count). The van der Waals surface area contributed by atoms with Gasteiger partial charge in [0.15, 0.2) is 0 Å².